The van der Waals surface area contributed by atoms with Crippen LogP contribution in [0.1, 0.15) is 187 Å². The normalized spacial score (nSPS) is 14.3. The highest BCUT2D eigenvalue weighted by atomic mass is 31.2. The van der Waals surface area contributed by atoms with Crippen LogP contribution in [0.3, 0.4) is 0 Å². The summed E-state index contributed by atoms with van der Waals surface area (Å²) in [6.07, 6.45) is 43.3. The molecule has 10 nitrogen and oxygen atoms in total. The lowest BCUT2D eigenvalue weighted by Gasteiger charge is -2.20. The minimum absolute atomic E-state index is 0.0102. The second-order valence-corrected chi connectivity index (χ2v) is 15.9. The molecule has 0 spiro atoms. The van der Waals surface area contributed by atoms with E-state index in [1.54, 1.807) is 0 Å². The number of nitrogens with two attached hydrogens (primary N) is 1. The minimum Gasteiger partial charge on any atom is -0.480 e. The van der Waals surface area contributed by atoms with Gasteiger partial charge in [0.1, 0.15) is 12.1 Å². The SMILES string of the molecule is CC/C=C\C/C=C\C/C=C\CCCCCCCCOCC(COP(=O)(O)OCC(N)C(=O)O)OC(=O)CCCCCCCCCCCCCCCCCC. The molecule has 0 bridgehead atoms. The van der Waals surface area contributed by atoms with Crippen LogP contribution in [-0.2, 0) is 32.7 Å². The van der Waals surface area contributed by atoms with Crippen LogP contribution in [0, 0.1) is 0 Å². The molecule has 0 aliphatic heterocycles. The van der Waals surface area contributed by atoms with Gasteiger partial charge in [-0.2, -0.15) is 0 Å². The molecule has 0 aromatic heterocycles. The summed E-state index contributed by atoms with van der Waals surface area (Å²) < 4.78 is 33.3. The van der Waals surface area contributed by atoms with Gasteiger partial charge in [-0.25, -0.2) is 4.57 Å². The highest BCUT2D eigenvalue weighted by Crippen LogP contribution is 2.43. The molecule has 11 heteroatoms. The van der Waals surface area contributed by atoms with E-state index in [2.05, 4.69) is 50.3 Å². The Hall–Kier alpha value is -1.81. The summed E-state index contributed by atoms with van der Waals surface area (Å²) in [5, 5.41) is 8.89. The second kappa shape index (κ2) is 39.4. The number of unbranched alkanes of at least 4 members (excludes halogenated alkanes) is 21. The maximum absolute atomic E-state index is 12.6. The third kappa shape index (κ3) is 38.5. The fourth-order valence-electron chi connectivity index (χ4n) is 5.85. The number of allylic oxidation sites excluding steroid dienone is 6. The first-order valence-corrected chi connectivity index (χ1v) is 23.0. The molecule has 3 atom stereocenters. The maximum atomic E-state index is 12.6. The lowest BCUT2D eigenvalue weighted by molar-refractivity contribution is -0.154. The first-order chi connectivity index (χ1) is 26.2. The van der Waals surface area contributed by atoms with Crippen molar-refractivity contribution in [3.8, 4) is 0 Å². The Labute approximate surface area is 329 Å². The first kappa shape index (κ1) is 52.2. The molecule has 3 unspecified atom stereocenters. The Morgan fingerprint density at radius 2 is 1.07 bits per heavy atom. The number of hydrogen-bond acceptors (Lipinski definition) is 8. The van der Waals surface area contributed by atoms with Gasteiger partial charge in [0, 0.05) is 13.0 Å². The molecule has 0 aromatic carbocycles. The fourth-order valence-corrected chi connectivity index (χ4v) is 6.63. The number of esters is 1. The highest BCUT2D eigenvalue weighted by molar-refractivity contribution is 7.47. The van der Waals surface area contributed by atoms with Crippen molar-refractivity contribution in [3.05, 3.63) is 36.5 Å². The quantitative estimate of drug-likeness (QED) is 0.0236. The van der Waals surface area contributed by atoms with E-state index in [1.807, 2.05) is 0 Å². The molecule has 0 saturated carbocycles. The second-order valence-electron chi connectivity index (χ2n) is 14.4. The Kier molecular flexibility index (Phi) is 38.1. The number of carbonyl (C=O) groups excluding carboxylic acids is 1. The molecule has 54 heavy (non-hydrogen) atoms. The summed E-state index contributed by atoms with van der Waals surface area (Å²) >= 11 is 0. The van der Waals surface area contributed by atoms with Crippen LogP contribution in [0.2, 0.25) is 0 Å². The number of rotatable bonds is 41. The topological polar surface area (TPSA) is 155 Å². The van der Waals surface area contributed by atoms with Crippen LogP contribution in [0.4, 0.5) is 0 Å². The average Bonchev–Trinajstić information content (AvgIpc) is 3.15. The van der Waals surface area contributed by atoms with E-state index >= 15 is 0 Å². The van der Waals surface area contributed by atoms with Crippen LogP contribution in [0.25, 0.3) is 0 Å². The van der Waals surface area contributed by atoms with Crippen LogP contribution in [0.5, 0.6) is 0 Å². The van der Waals surface area contributed by atoms with E-state index in [-0.39, 0.29) is 13.0 Å². The van der Waals surface area contributed by atoms with E-state index < -0.39 is 45.1 Å². The standard InChI is InChI=1S/C43H80NO9P/c1-3-5-7-9-11-13-15-17-19-21-23-25-27-29-31-33-35-42(45)53-40(38-51-54(48,49)52-39-41(44)43(46)47)37-50-36-34-32-30-28-26-24-22-20-18-16-14-12-10-8-6-4-2/h6,8,12,14,18,20,40-41H,3-5,7,9-11,13,15-17,19,21-39,44H2,1-2H3,(H,46,47)(H,48,49)/b8-6-,14-12-,20-18-. The van der Waals surface area contributed by atoms with Crippen LogP contribution in [-0.4, -0.2) is 60.5 Å². The molecule has 0 saturated heterocycles. The van der Waals surface area contributed by atoms with Gasteiger partial charge in [-0.3, -0.25) is 18.6 Å². The summed E-state index contributed by atoms with van der Waals surface area (Å²) in [5.41, 5.74) is 5.35. The summed E-state index contributed by atoms with van der Waals surface area (Å²) in [6, 6.07) is -1.47. The molecule has 0 aromatic rings. The van der Waals surface area contributed by atoms with E-state index in [1.165, 1.54) is 103 Å². The number of carboxylic acids is 1. The zero-order chi connectivity index (χ0) is 39.8. The van der Waals surface area contributed by atoms with Crippen molar-refractivity contribution in [3.63, 3.8) is 0 Å². The Balaban J connectivity index is 4.25. The van der Waals surface area contributed by atoms with E-state index in [4.69, 9.17) is 29.4 Å². The zero-order valence-corrected chi connectivity index (χ0v) is 35.2. The summed E-state index contributed by atoms with van der Waals surface area (Å²) in [4.78, 5) is 33.5. The van der Waals surface area contributed by atoms with Gasteiger partial charge < -0.3 is 25.2 Å². The molecular weight excluding hydrogens is 705 g/mol. The Bertz CT molecular complexity index is 1000. The Morgan fingerprint density at radius 1 is 0.611 bits per heavy atom. The largest absolute Gasteiger partial charge is 0.480 e. The molecule has 0 heterocycles. The van der Waals surface area contributed by atoms with Crippen molar-refractivity contribution in [2.24, 2.45) is 5.73 Å². The van der Waals surface area contributed by atoms with Crippen molar-refractivity contribution in [1.29, 1.82) is 0 Å². The van der Waals surface area contributed by atoms with Gasteiger partial charge in [-0.15, -0.1) is 0 Å². The maximum Gasteiger partial charge on any atom is 0.472 e. The zero-order valence-electron chi connectivity index (χ0n) is 34.3. The Morgan fingerprint density at radius 3 is 1.61 bits per heavy atom. The van der Waals surface area contributed by atoms with Crippen LogP contribution >= 0.6 is 7.82 Å². The van der Waals surface area contributed by atoms with E-state index in [0.29, 0.717) is 13.0 Å². The van der Waals surface area contributed by atoms with E-state index in [0.717, 1.165) is 57.8 Å². The number of ether oxygens (including phenoxy) is 2. The molecular formula is C43H80NO9P. The van der Waals surface area contributed by atoms with Crippen molar-refractivity contribution >= 4 is 19.8 Å². The summed E-state index contributed by atoms with van der Waals surface area (Å²) in [5.74, 6) is -1.78. The van der Waals surface area contributed by atoms with Crippen molar-refractivity contribution < 1.29 is 42.7 Å². The van der Waals surface area contributed by atoms with Gasteiger partial charge in [0.05, 0.1) is 19.8 Å². The van der Waals surface area contributed by atoms with Gasteiger partial charge in [0.15, 0.2) is 0 Å². The molecule has 0 aliphatic rings. The third-order valence-corrected chi connectivity index (χ3v) is 10.1. The molecule has 316 valence electrons. The van der Waals surface area contributed by atoms with E-state index in [9.17, 15) is 19.0 Å². The van der Waals surface area contributed by atoms with Crippen LogP contribution < -0.4 is 5.73 Å². The molecule has 0 aliphatic carbocycles. The molecule has 0 fully saturated rings. The third-order valence-electron chi connectivity index (χ3n) is 9.18. The smallest absolute Gasteiger partial charge is 0.472 e. The first-order valence-electron chi connectivity index (χ1n) is 21.5. The number of aliphatic carboxylic acids is 1. The fraction of sp³-hybridized carbons (Fsp3) is 0.814. The molecule has 0 rings (SSSR count). The average molecular weight is 786 g/mol. The highest BCUT2D eigenvalue weighted by Gasteiger charge is 2.27. The predicted molar refractivity (Wildman–Crippen MR) is 221 cm³/mol. The number of phosphoric ester groups is 1. The van der Waals surface area contributed by atoms with Crippen LogP contribution in [0.15, 0.2) is 36.5 Å². The van der Waals surface area contributed by atoms with Gasteiger partial charge >= 0.3 is 19.8 Å². The number of carboxylic acid groups (broad SMARTS) is 1. The molecule has 0 radical (unpaired) electrons. The number of hydrogen-bond donors (Lipinski definition) is 3. The lowest BCUT2D eigenvalue weighted by atomic mass is 10.0. The monoisotopic (exact) mass is 786 g/mol. The van der Waals surface area contributed by atoms with Crippen molar-refractivity contribution in [2.75, 3.05) is 26.4 Å². The summed E-state index contributed by atoms with van der Waals surface area (Å²) in [6.45, 7) is 3.75. The van der Waals surface area contributed by atoms with Crippen molar-refractivity contribution in [1.82, 2.24) is 0 Å². The summed E-state index contributed by atoms with van der Waals surface area (Å²) in [7, 11) is -4.62. The van der Waals surface area contributed by atoms with Gasteiger partial charge in [-0.05, 0) is 44.9 Å². The predicted octanol–water partition coefficient (Wildman–Crippen LogP) is 11.7. The van der Waals surface area contributed by atoms with Gasteiger partial charge in [0.25, 0.3) is 0 Å². The minimum atomic E-state index is -4.62. The van der Waals surface area contributed by atoms with Gasteiger partial charge in [0.2, 0.25) is 0 Å². The molecule has 0 amide bonds. The van der Waals surface area contributed by atoms with Crippen molar-refractivity contribution in [2.45, 2.75) is 199 Å². The lowest BCUT2D eigenvalue weighted by Crippen LogP contribution is -2.34. The van der Waals surface area contributed by atoms with Gasteiger partial charge in [-0.1, -0.05) is 172 Å². The number of carbonyl (C=O) groups is 2. The molecule has 4 N–H and O–H groups in total. The number of phosphoric acid groups is 1.